The lowest BCUT2D eigenvalue weighted by molar-refractivity contribution is -0.161. The molecule has 0 aliphatic carbocycles. The van der Waals surface area contributed by atoms with Gasteiger partial charge in [0, 0.05) is 25.7 Å². The molecule has 0 heterocycles. The molecule has 0 radical (unpaired) electrons. The van der Waals surface area contributed by atoms with Crippen molar-refractivity contribution < 1.29 is 80.2 Å². The maximum Gasteiger partial charge on any atom is 0.472 e. The number of allylic oxidation sites excluding steroid dienone is 28. The number of rotatable bonds is 78. The molecular weight excluding hydrogens is 1430 g/mol. The molecule has 0 rings (SSSR count). The van der Waals surface area contributed by atoms with E-state index in [1.165, 1.54) is 38.5 Å². The van der Waals surface area contributed by atoms with E-state index >= 15 is 0 Å². The van der Waals surface area contributed by atoms with Crippen LogP contribution < -0.4 is 0 Å². The van der Waals surface area contributed by atoms with Crippen LogP contribution in [0.25, 0.3) is 0 Å². The summed E-state index contributed by atoms with van der Waals surface area (Å²) >= 11 is 0. The fourth-order valence-corrected chi connectivity index (χ4v) is 12.4. The second kappa shape index (κ2) is 81.4. The quantitative estimate of drug-likeness (QED) is 0.0169. The van der Waals surface area contributed by atoms with E-state index in [1.54, 1.807) is 0 Å². The van der Waals surface area contributed by atoms with Gasteiger partial charge < -0.3 is 33.8 Å². The van der Waals surface area contributed by atoms with Crippen molar-refractivity contribution in [2.24, 2.45) is 0 Å². The minimum atomic E-state index is -5.01. The van der Waals surface area contributed by atoms with Crippen molar-refractivity contribution in [2.45, 2.75) is 341 Å². The van der Waals surface area contributed by atoms with Gasteiger partial charge in [-0.2, -0.15) is 0 Å². The first-order chi connectivity index (χ1) is 53.7. The average Bonchev–Trinajstić information content (AvgIpc) is 0.900. The number of carbonyl (C=O) groups excluding carboxylic acids is 4. The number of carbonyl (C=O) groups is 4. The normalized spacial score (nSPS) is 14.6. The Morgan fingerprint density at radius 2 is 0.473 bits per heavy atom. The predicted molar refractivity (Wildman–Crippen MR) is 454 cm³/mol. The zero-order valence-electron chi connectivity index (χ0n) is 68.6. The smallest absolute Gasteiger partial charge is 0.462 e. The molecule has 0 amide bonds. The lowest BCUT2D eigenvalue weighted by Gasteiger charge is -2.21. The summed E-state index contributed by atoms with van der Waals surface area (Å²) in [7, 11) is -10.0. The molecule has 0 aliphatic rings. The Labute approximate surface area is 667 Å². The largest absolute Gasteiger partial charge is 0.472 e. The molecule has 5 atom stereocenters. The van der Waals surface area contributed by atoms with Crippen molar-refractivity contribution in [2.75, 3.05) is 39.6 Å². The monoisotopic (exact) mass is 1580 g/mol. The van der Waals surface area contributed by atoms with Crippen LogP contribution in [-0.4, -0.2) is 96.7 Å². The van der Waals surface area contributed by atoms with Gasteiger partial charge in [0.25, 0.3) is 0 Å². The number of esters is 4. The van der Waals surface area contributed by atoms with Crippen LogP contribution in [0.15, 0.2) is 170 Å². The summed E-state index contributed by atoms with van der Waals surface area (Å²) in [5.74, 6) is -2.27. The van der Waals surface area contributed by atoms with Gasteiger partial charge in [-0.15, -0.1) is 0 Å². The third kappa shape index (κ3) is 80.5. The highest BCUT2D eigenvalue weighted by Gasteiger charge is 2.30. The number of phosphoric ester groups is 2. The van der Waals surface area contributed by atoms with Crippen molar-refractivity contribution in [3.05, 3.63) is 170 Å². The number of hydrogen-bond donors (Lipinski definition) is 3. The number of hydrogen-bond acceptors (Lipinski definition) is 15. The highest BCUT2D eigenvalue weighted by atomic mass is 31.2. The Kier molecular flexibility index (Phi) is 77.3. The third-order valence-electron chi connectivity index (χ3n) is 17.2. The summed E-state index contributed by atoms with van der Waals surface area (Å²) in [4.78, 5) is 73.3. The first-order valence-corrected chi connectivity index (χ1v) is 45.4. The van der Waals surface area contributed by atoms with E-state index in [0.29, 0.717) is 25.7 Å². The van der Waals surface area contributed by atoms with Gasteiger partial charge in [-0.3, -0.25) is 37.3 Å². The van der Waals surface area contributed by atoms with Crippen molar-refractivity contribution in [1.29, 1.82) is 0 Å². The Balaban J connectivity index is 5.47. The molecule has 0 saturated carbocycles. The van der Waals surface area contributed by atoms with E-state index in [2.05, 4.69) is 198 Å². The Morgan fingerprint density at radius 1 is 0.264 bits per heavy atom. The van der Waals surface area contributed by atoms with E-state index in [4.69, 9.17) is 37.0 Å². The van der Waals surface area contributed by atoms with Gasteiger partial charge in [-0.1, -0.05) is 294 Å². The fourth-order valence-electron chi connectivity index (χ4n) is 10.8. The number of aliphatic hydroxyl groups excluding tert-OH is 1. The molecule has 0 saturated heterocycles. The fraction of sp³-hybridized carbons (Fsp3) is 0.648. The minimum Gasteiger partial charge on any atom is -0.462 e. The molecule has 19 heteroatoms. The van der Waals surface area contributed by atoms with E-state index in [-0.39, 0.29) is 25.7 Å². The summed E-state index contributed by atoms with van der Waals surface area (Å²) in [6.45, 7) is 4.45. The van der Waals surface area contributed by atoms with Crippen LogP contribution in [0.5, 0.6) is 0 Å². The standard InChI is InChI=1S/C91H150O17P2/c1-5-9-13-17-21-25-29-33-37-40-42-45-49-52-56-60-64-68-72-76-89(94)102-82-87(108-91(96)78-74-70-66-62-58-54-50-46-43-41-38-34-30-26-22-18-14-10-6-2)84-106-110(99,100)104-80-85(92)79-103-109(97,98)105-83-86(107-90(95)77-73-69-65-61-57-53-47-36-32-28-24-20-16-12-8-4)81-101-88(93)75-71-67-63-59-55-51-48-44-39-35-31-27-23-19-15-11-7-3/h9-11,13-15,21-23,25-27,33-39,42-43,45-47,52,54,56,58,85-87,92H,5-8,12,16-20,24,28-32,40-41,44,48-51,53,55,57,59-84H2,1-4H3,(H,97,98)(H,99,100)/b13-9-,14-10-,15-11-,25-21-,26-22-,27-23-,37-33-,38-34-,39-35-,45-42-,46-43-,47-36-,56-52-,58-54-. The Hall–Kier alpha value is -5.58. The van der Waals surface area contributed by atoms with Gasteiger partial charge in [0.1, 0.15) is 19.3 Å². The first-order valence-electron chi connectivity index (χ1n) is 42.4. The summed E-state index contributed by atoms with van der Waals surface area (Å²) < 4.78 is 68.8. The molecule has 3 N–H and O–H groups in total. The molecule has 0 aromatic carbocycles. The number of unbranched alkanes of at least 4 members (excludes halogenated alkanes) is 24. The average molecular weight is 1580 g/mol. The zero-order chi connectivity index (χ0) is 80.3. The Morgan fingerprint density at radius 3 is 0.745 bits per heavy atom. The van der Waals surface area contributed by atoms with Crippen molar-refractivity contribution in [3.63, 3.8) is 0 Å². The Bertz CT molecular complexity index is 2750. The summed E-state index contributed by atoms with van der Waals surface area (Å²) in [5.41, 5.74) is 0. The second-order valence-electron chi connectivity index (χ2n) is 27.6. The molecule has 5 unspecified atom stereocenters. The maximum absolute atomic E-state index is 13.1. The molecular formula is C91H150O17P2. The lowest BCUT2D eigenvalue weighted by atomic mass is 10.1. The van der Waals surface area contributed by atoms with Crippen LogP contribution in [0, 0.1) is 0 Å². The summed E-state index contributed by atoms with van der Waals surface area (Å²) in [6.07, 6.45) is 97.4. The molecule has 110 heavy (non-hydrogen) atoms. The lowest BCUT2D eigenvalue weighted by Crippen LogP contribution is -2.30. The minimum absolute atomic E-state index is 0.0417. The van der Waals surface area contributed by atoms with Crippen LogP contribution in [0.2, 0.25) is 0 Å². The molecule has 0 aromatic heterocycles. The number of aliphatic hydroxyl groups is 1. The summed E-state index contributed by atoms with van der Waals surface area (Å²) in [5, 5.41) is 10.7. The van der Waals surface area contributed by atoms with Gasteiger partial charge >= 0.3 is 39.5 Å². The molecule has 0 bridgehead atoms. The second-order valence-corrected chi connectivity index (χ2v) is 30.5. The van der Waals surface area contributed by atoms with Gasteiger partial charge in [0.15, 0.2) is 12.2 Å². The van der Waals surface area contributed by atoms with Crippen LogP contribution in [0.4, 0.5) is 0 Å². The molecule has 626 valence electrons. The highest BCUT2D eigenvalue weighted by molar-refractivity contribution is 7.47. The number of ether oxygens (including phenoxy) is 4. The van der Waals surface area contributed by atoms with E-state index in [9.17, 15) is 43.2 Å². The predicted octanol–water partition coefficient (Wildman–Crippen LogP) is 25.3. The van der Waals surface area contributed by atoms with E-state index in [1.807, 2.05) is 0 Å². The molecule has 0 fully saturated rings. The highest BCUT2D eigenvalue weighted by Crippen LogP contribution is 2.45. The van der Waals surface area contributed by atoms with Crippen LogP contribution in [0.1, 0.15) is 323 Å². The van der Waals surface area contributed by atoms with Crippen molar-refractivity contribution in [3.8, 4) is 0 Å². The van der Waals surface area contributed by atoms with Gasteiger partial charge in [0.05, 0.1) is 26.4 Å². The van der Waals surface area contributed by atoms with E-state index < -0.39 is 97.5 Å². The SMILES string of the molecule is CC/C=C\C/C=C\C/C=C\C/C=C\C/C=C\CCCCCC(=O)OCC(COP(=O)(O)OCC(O)COP(=O)(O)OCC(COC(=O)CCCCCCCCC/C=C\C/C=C\C/C=C\CC)OC(=O)CCCCCCC/C=C\CCCCCCCC)OC(=O)CCCCC/C=C\C/C=C\C/C=C\C/C=C\C/C=C\CC. The first kappa shape index (κ1) is 104. The summed E-state index contributed by atoms with van der Waals surface area (Å²) in [6, 6.07) is 0. The van der Waals surface area contributed by atoms with Crippen molar-refractivity contribution in [1.82, 2.24) is 0 Å². The van der Waals surface area contributed by atoms with Crippen molar-refractivity contribution >= 4 is 39.5 Å². The zero-order valence-corrected chi connectivity index (χ0v) is 70.4. The maximum atomic E-state index is 13.1. The molecule has 0 aliphatic heterocycles. The third-order valence-corrected chi connectivity index (χ3v) is 19.1. The number of phosphoric acid groups is 2. The van der Waals surface area contributed by atoms with E-state index in [0.717, 1.165) is 205 Å². The van der Waals surface area contributed by atoms with Gasteiger partial charge in [-0.05, 0) is 173 Å². The van der Waals surface area contributed by atoms with Gasteiger partial charge in [0.2, 0.25) is 0 Å². The molecule has 17 nitrogen and oxygen atoms in total. The van der Waals surface area contributed by atoms with Crippen LogP contribution >= 0.6 is 15.6 Å². The van der Waals surface area contributed by atoms with Gasteiger partial charge in [-0.25, -0.2) is 9.13 Å². The molecule has 0 spiro atoms. The molecule has 0 aromatic rings. The van der Waals surface area contributed by atoms with Crippen LogP contribution in [0.3, 0.4) is 0 Å². The topological polar surface area (TPSA) is 237 Å². The van der Waals surface area contributed by atoms with Crippen LogP contribution in [-0.2, 0) is 65.4 Å².